The van der Waals surface area contributed by atoms with E-state index in [-0.39, 0.29) is 12.0 Å². The molecule has 0 atom stereocenters. The van der Waals surface area contributed by atoms with E-state index in [1.165, 1.54) is 6.92 Å². The Balaban J connectivity index is 2.70. The Morgan fingerprint density at radius 1 is 1.17 bits per heavy atom. The lowest BCUT2D eigenvalue weighted by atomic mass is 10.1. The highest BCUT2D eigenvalue weighted by molar-refractivity contribution is 5.94. The summed E-state index contributed by atoms with van der Waals surface area (Å²) in [5.74, 6) is -4.52. The third kappa shape index (κ3) is 3.54. The first-order valence-electron chi connectivity index (χ1n) is 6.48. The van der Waals surface area contributed by atoms with Gasteiger partial charge in [0.2, 0.25) is 0 Å². The molecule has 2 aromatic heterocycles. The summed E-state index contributed by atoms with van der Waals surface area (Å²) < 4.78 is 70.2. The summed E-state index contributed by atoms with van der Waals surface area (Å²) in [6.45, 7) is 1.89. The molecule has 0 saturated heterocycles. The molecule has 124 valence electrons. The van der Waals surface area contributed by atoms with Gasteiger partial charge >= 0.3 is 12.1 Å². The van der Waals surface area contributed by atoms with Gasteiger partial charge in [0.05, 0.1) is 12.2 Å². The predicted molar refractivity (Wildman–Crippen MR) is 70.1 cm³/mol. The highest BCUT2D eigenvalue weighted by Gasteiger charge is 2.38. The zero-order valence-electron chi connectivity index (χ0n) is 12.0. The quantitative estimate of drug-likeness (QED) is 0.630. The summed E-state index contributed by atoms with van der Waals surface area (Å²) in [4.78, 5) is 18.4. The van der Waals surface area contributed by atoms with Crippen LogP contribution in [0, 0.1) is 0 Å². The standard InChI is InChI=1S/C14H11F5N2O2/c1-3-23-12(22)8-6-7-4-5-9(13(2,15)16)20-11(7)21-10(8)14(17,18)19/h4-6H,3H2,1-2H3. The van der Waals surface area contributed by atoms with Crippen molar-refractivity contribution in [1.29, 1.82) is 0 Å². The smallest absolute Gasteiger partial charge is 0.434 e. The second-order valence-corrected chi connectivity index (χ2v) is 4.73. The molecule has 0 aliphatic heterocycles. The summed E-state index contributed by atoms with van der Waals surface area (Å²) in [7, 11) is 0. The third-order valence-corrected chi connectivity index (χ3v) is 2.89. The molecule has 4 nitrogen and oxygen atoms in total. The summed E-state index contributed by atoms with van der Waals surface area (Å²) in [5, 5.41) is 0.0223. The number of alkyl halides is 5. The predicted octanol–water partition coefficient (Wildman–Crippen LogP) is 3.94. The molecule has 0 aliphatic carbocycles. The number of hydrogen-bond donors (Lipinski definition) is 0. The number of rotatable bonds is 3. The van der Waals surface area contributed by atoms with Crippen LogP contribution in [0.15, 0.2) is 18.2 Å². The molecular formula is C14H11F5N2O2. The Hall–Kier alpha value is -2.32. The van der Waals surface area contributed by atoms with Gasteiger partial charge in [0.15, 0.2) is 11.3 Å². The van der Waals surface area contributed by atoms with Gasteiger partial charge in [-0.15, -0.1) is 0 Å². The first-order valence-corrected chi connectivity index (χ1v) is 6.48. The van der Waals surface area contributed by atoms with Crippen LogP contribution in [-0.4, -0.2) is 22.5 Å². The molecule has 2 aromatic rings. The van der Waals surface area contributed by atoms with Gasteiger partial charge in [-0.05, 0) is 25.1 Å². The van der Waals surface area contributed by atoms with Crippen LogP contribution in [0.1, 0.15) is 35.6 Å². The van der Waals surface area contributed by atoms with Crippen LogP contribution in [0.3, 0.4) is 0 Å². The number of carbonyl (C=O) groups is 1. The van der Waals surface area contributed by atoms with Crippen molar-refractivity contribution in [2.45, 2.75) is 25.9 Å². The van der Waals surface area contributed by atoms with E-state index >= 15 is 0 Å². The van der Waals surface area contributed by atoms with Crippen LogP contribution in [-0.2, 0) is 16.8 Å². The zero-order valence-corrected chi connectivity index (χ0v) is 12.0. The lowest BCUT2D eigenvalue weighted by molar-refractivity contribution is -0.141. The van der Waals surface area contributed by atoms with Gasteiger partial charge in [0.25, 0.3) is 5.92 Å². The van der Waals surface area contributed by atoms with E-state index in [4.69, 9.17) is 0 Å². The maximum atomic E-state index is 13.2. The second kappa shape index (κ2) is 5.71. The van der Waals surface area contributed by atoms with Crippen LogP contribution in [0.2, 0.25) is 0 Å². The molecule has 2 heterocycles. The minimum atomic E-state index is -4.96. The lowest BCUT2D eigenvalue weighted by Gasteiger charge is -2.14. The lowest BCUT2D eigenvalue weighted by Crippen LogP contribution is -2.18. The monoisotopic (exact) mass is 334 g/mol. The molecule has 0 radical (unpaired) electrons. The minimum absolute atomic E-state index is 0.0223. The maximum absolute atomic E-state index is 13.2. The number of halogens is 5. The Bertz CT molecular complexity index is 753. The largest absolute Gasteiger partial charge is 0.462 e. The van der Waals surface area contributed by atoms with Crippen molar-refractivity contribution < 1.29 is 31.5 Å². The van der Waals surface area contributed by atoms with E-state index in [0.29, 0.717) is 6.92 Å². The molecule has 0 spiro atoms. The highest BCUT2D eigenvalue weighted by atomic mass is 19.4. The fraction of sp³-hybridized carbons (Fsp3) is 0.357. The van der Waals surface area contributed by atoms with Crippen LogP contribution in [0.4, 0.5) is 22.0 Å². The number of nitrogens with zero attached hydrogens (tertiary/aromatic N) is 2. The number of aromatic nitrogens is 2. The number of fused-ring (bicyclic) bond motifs is 1. The Labute approximate surface area is 127 Å². The average Bonchev–Trinajstić information content (AvgIpc) is 2.43. The van der Waals surface area contributed by atoms with E-state index < -0.39 is 40.7 Å². The average molecular weight is 334 g/mol. The molecule has 0 aliphatic rings. The maximum Gasteiger partial charge on any atom is 0.434 e. The number of ether oxygens (including phenoxy) is 1. The van der Waals surface area contributed by atoms with E-state index in [0.717, 1.165) is 18.2 Å². The van der Waals surface area contributed by atoms with Gasteiger partial charge in [0, 0.05) is 12.3 Å². The molecule has 0 unspecified atom stereocenters. The summed E-state index contributed by atoms with van der Waals surface area (Å²) in [6, 6.07) is 2.98. The highest BCUT2D eigenvalue weighted by Crippen LogP contribution is 2.33. The second-order valence-electron chi connectivity index (χ2n) is 4.73. The van der Waals surface area contributed by atoms with Crippen molar-refractivity contribution in [2.24, 2.45) is 0 Å². The van der Waals surface area contributed by atoms with Crippen LogP contribution < -0.4 is 0 Å². The first kappa shape index (κ1) is 17.0. The molecule has 0 aromatic carbocycles. The van der Waals surface area contributed by atoms with Crippen LogP contribution >= 0.6 is 0 Å². The van der Waals surface area contributed by atoms with Crippen molar-refractivity contribution in [3.63, 3.8) is 0 Å². The Kier molecular flexibility index (Phi) is 4.23. The van der Waals surface area contributed by atoms with Crippen molar-refractivity contribution in [1.82, 2.24) is 9.97 Å². The van der Waals surface area contributed by atoms with Gasteiger partial charge < -0.3 is 4.74 Å². The van der Waals surface area contributed by atoms with Gasteiger partial charge in [-0.1, -0.05) is 0 Å². The van der Waals surface area contributed by atoms with Crippen LogP contribution in [0.5, 0.6) is 0 Å². The fourth-order valence-electron chi connectivity index (χ4n) is 1.88. The summed E-state index contributed by atoms with van der Waals surface area (Å²) >= 11 is 0. The fourth-order valence-corrected chi connectivity index (χ4v) is 1.88. The van der Waals surface area contributed by atoms with Gasteiger partial charge in [-0.2, -0.15) is 22.0 Å². The molecular weight excluding hydrogens is 323 g/mol. The number of hydrogen-bond acceptors (Lipinski definition) is 4. The molecule has 0 fully saturated rings. The Morgan fingerprint density at radius 2 is 1.83 bits per heavy atom. The number of pyridine rings is 2. The number of carbonyl (C=O) groups excluding carboxylic acids is 1. The SMILES string of the molecule is CCOC(=O)c1cc2ccc(C(C)(F)F)nc2nc1C(F)(F)F. The molecule has 23 heavy (non-hydrogen) atoms. The molecule has 9 heteroatoms. The zero-order chi connectivity index (χ0) is 17.4. The van der Waals surface area contributed by atoms with Crippen molar-refractivity contribution in [3.05, 3.63) is 35.2 Å². The van der Waals surface area contributed by atoms with Crippen molar-refractivity contribution >= 4 is 17.0 Å². The number of esters is 1. The van der Waals surface area contributed by atoms with Crippen molar-refractivity contribution in [2.75, 3.05) is 6.61 Å². The van der Waals surface area contributed by atoms with Gasteiger partial charge in [-0.3, -0.25) is 0 Å². The first-order chi connectivity index (χ1) is 10.5. The summed E-state index contributed by atoms with van der Waals surface area (Å²) in [5.41, 5.74) is -3.55. The van der Waals surface area contributed by atoms with Crippen LogP contribution in [0.25, 0.3) is 11.0 Å². The van der Waals surface area contributed by atoms with E-state index in [1.807, 2.05) is 0 Å². The van der Waals surface area contributed by atoms with Crippen molar-refractivity contribution in [3.8, 4) is 0 Å². The van der Waals surface area contributed by atoms with Gasteiger partial charge in [0.1, 0.15) is 5.69 Å². The molecule has 2 rings (SSSR count). The minimum Gasteiger partial charge on any atom is -0.462 e. The summed E-state index contributed by atoms with van der Waals surface area (Å²) in [6.07, 6.45) is -4.96. The normalized spacial score (nSPS) is 12.5. The molecule has 0 bridgehead atoms. The topological polar surface area (TPSA) is 52.1 Å². The van der Waals surface area contributed by atoms with E-state index in [1.54, 1.807) is 0 Å². The Morgan fingerprint density at radius 3 is 2.35 bits per heavy atom. The molecule has 0 saturated carbocycles. The van der Waals surface area contributed by atoms with E-state index in [2.05, 4.69) is 14.7 Å². The molecule has 0 N–H and O–H groups in total. The van der Waals surface area contributed by atoms with E-state index in [9.17, 15) is 26.7 Å². The molecule has 0 amide bonds. The van der Waals surface area contributed by atoms with Gasteiger partial charge in [-0.25, -0.2) is 14.8 Å². The third-order valence-electron chi connectivity index (χ3n) is 2.89.